The number of nitrogens with two attached hydrogens (primary N) is 1. The van der Waals surface area contributed by atoms with E-state index in [4.69, 9.17) is 5.73 Å². The van der Waals surface area contributed by atoms with Gasteiger partial charge in [-0.1, -0.05) is 18.2 Å². The van der Waals surface area contributed by atoms with Crippen molar-refractivity contribution in [2.45, 2.75) is 25.2 Å². The zero-order valence-corrected chi connectivity index (χ0v) is 8.65. The van der Waals surface area contributed by atoms with Crippen molar-refractivity contribution >= 4 is 5.91 Å². The van der Waals surface area contributed by atoms with E-state index in [9.17, 15) is 4.79 Å². The molecular formula is C13H15NO. The highest BCUT2D eigenvalue weighted by Crippen LogP contribution is 2.59. The molecule has 2 saturated carbocycles. The third-order valence-corrected chi connectivity index (χ3v) is 3.69. The Balaban J connectivity index is 1.88. The van der Waals surface area contributed by atoms with Crippen molar-refractivity contribution in [1.29, 1.82) is 0 Å². The Labute approximate surface area is 89.5 Å². The Morgan fingerprint density at radius 3 is 2.67 bits per heavy atom. The molecule has 2 N–H and O–H groups in total. The lowest BCUT2D eigenvalue weighted by molar-refractivity contribution is 0.0999. The van der Waals surface area contributed by atoms with Crippen molar-refractivity contribution in [1.82, 2.24) is 0 Å². The van der Waals surface area contributed by atoms with Crippen LogP contribution in [0.3, 0.4) is 0 Å². The number of amides is 1. The molecule has 78 valence electrons. The number of primary amides is 1. The molecule has 15 heavy (non-hydrogen) atoms. The first-order valence-electron chi connectivity index (χ1n) is 5.66. The van der Waals surface area contributed by atoms with E-state index in [1.807, 2.05) is 18.2 Å². The first-order chi connectivity index (χ1) is 7.27. The Hall–Kier alpha value is -1.31. The van der Waals surface area contributed by atoms with E-state index in [2.05, 4.69) is 6.07 Å². The monoisotopic (exact) mass is 201 g/mol. The van der Waals surface area contributed by atoms with E-state index in [1.165, 1.54) is 24.8 Å². The Morgan fingerprint density at radius 1 is 1.27 bits per heavy atom. The van der Waals surface area contributed by atoms with E-state index in [-0.39, 0.29) is 5.91 Å². The molecule has 0 aliphatic heterocycles. The lowest BCUT2D eigenvalue weighted by atomic mass is 10.0. The molecule has 2 fully saturated rings. The number of carbonyl (C=O) groups excluding carboxylic acids is 1. The second kappa shape index (κ2) is 3.09. The molecule has 3 rings (SSSR count). The minimum absolute atomic E-state index is 0.285. The van der Waals surface area contributed by atoms with Gasteiger partial charge in [-0.25, -0.2) is 0 Å². The van der Waals surface area contributed by atoms with E-state index in [1.54, 1.807) is 0 Å². The fourth-order valence-electron chi connectivity index (χ4n) is 2.66. The number of carbonyl (C=O) groups is 1. The molecular weight excluding hydrogens is 186 g/mol. The lowest BCUT2D eigenvalue weighted by Gasteiger charge is -2.05. The molecule has 0 spiro atoms. The molecule has 2 atom stereocenters. The average Bonchev–Trinajstić information content (AvgIpc) is 3.09. The van der Waals surface area contributed by atoms with Crippen molar-refractivity contribution in [3.8, 4) is 0 Å². The topological polar surface area (TPSA) is 43.1 Å². The van der Waals surface area contributed by atoms with Crippen molar-refractivity contribution in [3.05, 3.63) is 35.4 Å². The maximum atomic E-state index is 11.3. The molecule has 0 saturated heterocycles. The third kappa shape index (κ3) is 1.54. The summed E-state index contributed by atoms with van der Waals surface area (Å²) in [5.41, 5.74) is 7.29. The number of rotatable bonds is 3. The van der Waals surface area contributed by atoms with Crippen molar-refractivity contribution in [2.24, 2.45) is 17.6 Å². The quantitative estimate of drug-likeness (QED) is 0.801. The van der Waals surface area contributed by atoms with Crippen molar-refractivity contribution in [3.63, 3.8) is 0 Å². The third-order valence-electron chi connectivity index (χ3n) is 3.69. The summed E-state index contributed by atoms with van der Waals surface area (Å²) in [5.74, 6) is 2.11. The first-order valence-corrected chi connectivity index (χ1v) is 5.66. The highest BCUT2D eigenvalue weighted by Gasteiger charge is 2.48. The Bertz CT molecular complexity index is 409. The molecule has 2 aliphatic rings. The Morgan fingerprint density at radius 2 is 2.00 bits per heavy atom. The van der Waals surface area contributed by atoms with Crippen LogP contribution in [0.2, 0.25) is 0 Å². The van der Waals surface area contributed by atoms with Gasteiger partial charge in [-0.05, 0) is 48.6 Å². The zero-order chi connectivity index (χ0) is 10.4. The van der Waals surface area contributed by atoms with Crippen LogP contribution in [0.15, 0.2) is 24.3 Å². The van der Waals surface area contributed by atoms with Gasteiger partial charge in [0.25, 0.3) is 0 Å². The zero-order valence-electron chi connectivity index (χ0n) is 8.65. The predicted octanol–water partition coefficient (Wildman–Crippen LogP) is 2.30. The summed E-state index contributed by atoms with van der Waals surface area (Å²) in [4.78, 5) is 11.3. The molecule has 0 aromatic heterocycles. The smallest absolute Gasteiger partial charge is 0.248 e. The van der Waals surface area contributed by atoms with Crippen LogP contribution in [-0.2, 0) is 0 Å². The standard InChI is InChI=1S/C13H15NO/c14-13(15)10-4-2-1-3-9(10)12-7-11(12)8-5-6-8/h1-4,8,11-12H,5-7H2,(H2,14,15)/t11-,12-/m1/s1. The van der Waals surface area contributed by atoms with Gasteiger partial charge < -0.3 is 5.73 Å². The van der Waals surface area contributed by atoms with Gasteiger partial charge in [0, 0.05) is 5.56 Å². The van der Waals surface area contributed by atoms with Crippen LogP contribution < -0.4 is 5.73 Å². The summed E-state index contributed by atoms with van der Waals surface area (Å²) in [5, 5.41) is 0. The second-order valence-corrected chi connectivity index (χ2v) is 4.79. The summed E-state index contributed by atoms with van der Waals surface area (Å²) in [6.07, 6.45) is 4.04. The number of benzene rings is 1. The average molecular weight is 201 g/mol. The van der Waals surface area contributed by atoms with Crippen molar-refractivity contribution in [2.75, 3.05) is 0 Å². The van der Waals surface area contributed by atoms with E-state index < -0.39 is 0 Å². The van der Waals surface area contributed by atoms with Crippen LogP contribution in [0, 0.1) is 11.8 Å². The van der Waals surface area contributed by atoms with Gasteiger partial charge in [-0.2, -0.15) is 0 Å². The number of hydrogen-bond donors (Lipinski definition) is 1. The second-order valence-electron chi connectivity index (χ2n) is 4.79. The summed E-state index contributed by atoms with van der Waals surface area (Å²) in [6.45, 7) is 0. The normalized spacial score (nSPS) is 28.8. The molecule has 0 radical (unpaired) electrons. The summed E-state index contributed by atoms with van der Waals surface area (Å²) >= 11 is 0. The maximum absolute atomic E-state index is 11.3. The van der Waals surface area contributed by atoms with Crippen LogP contribution in [-0.4, -0.2) is 5.91 Å². The molecule has 1 amide bonds. The summed E-state index contributed by atoms with van der Waals surface area (Å²) < 4.78 is 0. The minimum Gasteiger partial charge on any atom is -0.366 e. The van der Waals surface area contributed by atoms with E-state index >= 15 is 0 Å². The van der Waals surface area contributed by atoms with Crippen molar-refractivity contribution < 1.29 is 4.79 Å². The van der Waals surface area contributed by atoms with E-state index in [0.29, 0.717) is 5.92 Å². The predicted molar refractivity (Wildman–Crippen MR) is 58.5 cm³/mol. The van der Waals surface area contributed by atoms with Gasteiger partial charge in [0.1, 0.15) is 0 Å². The fraction of sp³-hybridized carbons (Fsp3) is 0.462. The van der Waals surface area contributed by atoms with Crippen LogP contribution in [0.25, 0.3) is 0 Å². The van der Waals surface area contributed by atoms with Gasteiger partial charge >= 0.3 is 0 Å². The highest BCUT2D eigenvalue weighted by atomic mass is 16.1. The van der Waals surface area contributed by atoms with Gasteiger partial charge in [-0.15, -0.1) is 0 Å². The Kier molecular flexibility index (Phi) is 1.84. The fourth-order valence-corrected chi connectivity index (χ4v) is 2.66. The minimum atomic E-state index is -0.285. The molecule has 2 heteroatoms. The molecule has 0 heterocycles. The van der Waals surface area contributed by atoms with Gasteiger partial charge in [0.2, 0.25) is 5.91 Å². The molecule has 1 aromatic rings. The van der Waals surface area contributed by atoms with Crippen LogP contribution >= 0.6 is 0 Å². The van der Waals surface area contributed by atoms with Crippen LogP contribution in [0.4, 0.5) is 0 Å². The molecule has 2 nitrogen and oxygen atoms in total. The van der Waals surface area contributed by atoms with Gasteiger partial charge in [-0.3, -0.25) is 4.79 Å². The van der Waals surface area contributed by atoms with Gasteiger partial charge in [0.05, 0.1) is 0 Å². The molecule has 0 unspecified atom stereocenters. The highest BCUT2D eigenvalue weighted by molar-refractivity contribution is 5.94. The van der Waals surface area contributed by atoms with Crippen LogP contribution in [0.1, 0.15) is 41.1 Å². The van der Waals surface area contributed by atoms with E-state index in [0.717, 1.165) is 17.4 Å². The maximum Gasteiger partial charge on any atom is 0.248 e. The SMILES string of the molecule is NC(=O)c1ccccc1[C@H]1C[C@@H]1C1CC1. The molecule has 0 bridgehead atoms. The first kappa shape index (κ1) is 8.96. The lowest BCUT2D eigenvalue weighted by Crippen LogP contribution is -2.13. The largest absolute Gasteiger partial charge is 0.366 e. The molecule has 1 aromatic carbocycles. The molecule has 2 aliphatic carbocycles. The summed E-state index contributed by atoms with van der Waals surface area (Å²) in [6, 6.07) is 7.80. The summed E-state index contributed by atoms with van der Waals surface area (Å²) in [7, 11) is 0. The van der Waals surface area contributed by atoms with Gasteiger partial charge in [0.15, 0.2) is 0 Å². The number of hydrogen-bond acceptors (Lipinski definition) is 1. The van der Waals surface area contributed by atoms with Crippen LogP contribution in [0.5, 0.6) is 0 Å².